The Hall–Kier alpha value is -2.71. The van der Waals surface area contributed by atoms with Gasteiger partial charge in [-0.1, -0.05) is 60.4 Å². The maximum absolute atomic E-state index is 12.3. The Morgan fingerprint density at radius 2 is 1.79 bits per heavy atom. The van der Waals surface area contributed by atoms with Gasteiger partial charge in [-0.05, 0) is 42.7 Å². The van der Waals surface area contributed by atoms with Crippen LogP contribution in [0.3, 0.4) is 0 Å². The average Bonchev–Trinajstić information content (AvgIpc) is 3.14. The van der Waals surface area contributed by atoms with E-state index in [0.717, 1.165) is 17.7 Å². The van der Waals surface area contributed by atoms with Crippen molar-refractivity contribution < 1.29 is 9.59 Å². The number of hydrogen-bond donors (Lipinski definition) is 2. The number of amides is 2. The van der Waals surface area contributed by atoms with Crippen LogP contribution >= 0.6 is 23.1 Å². The van der Waals surface area contributed by atoms with E-state index in [0.29, 0.717) is 15.0 Å². The molecule has 0 unspecified atom stereocenters. The summed E-state index contributed by atoms with van der Waals surface area (Å²) >= 11 is 2.53. The molecule has 0 spiro atoms. The molecule has 0 saturated carbocycles. The van der Waals surface area contributed by atoms with Gasteiger partial charge in [-0.15, -0.1) is 10.2 Å². The van der Waals surface area contributed by atoms with Gasteiger partial charge in [0, 0.05) is 11.3 Å². The molecule has 1 heterocycles. The Labute approximate surface area is 171 Å². The first-order chi connectivity index (χ1) is 13.5. The predicted molar refractivity (Wildman–Crippen MR) is 114 cm³/mol. The molecule has 1 aromatic heterocycles. The van der Waals surface area contributed by atoms with Gasteiger partial charge in [0.2, 0.25) is 11.0 Å². The van der Waals surface area contributed by atoms with Crippen molar-refractivity contribution in [1.82, 2.24) is 10.2 Å². The second kappa shape index (κ2) is 9.48. The van der Waals surface area contributed by atoms with Crippen LogP contribution in [0.15, 0.2) is 52.9 Å². The van der Waals surface area contributed by atoms with Crippen LogP contribution in [0.5, 0.6) is 0 Å². The number of aromatic nitrogens is 2. The Bertz CT molecular complexity index is 970. The molecule has 0 aliphatic heterocycles. The molecule has 0 atom stereocenters. The zero-order valence-electron chi connectivity index (χ0n) is 15.6. The average molecular weight is 413 g/mol. The number of aryl methyl sites for hydroxylation is 2. The molecule has 0 saturated heterocycles. The normalized spacial score (nSPS) is 10.5. The van der Waals surface area contributed by atoms with E-state index in [1.54, 1.807) is 6.07 Å². The highest BCUT2D eigenvalue weighted by atomic mass is 32.2. The highest BCUT2D eigenvalue weighted by Crippen LogP contribution is 2.26. The molecule has 3 rings (SSSR count). The lowest BCUT2D eigenvalue weighted by Crippen LogP contribution is -2.13. The Morgan fingerprint density at radius 1 is 1.04 bits per heavy atom. The van der Waals surface area contributed by atoms with Crippen LogP contribution in [0.2, 0.25) is 0 Å². The van der Waals surface area contributed by atoms with Crippen LogP contribution in [-0.4, -0.2) is 27.8 Å². The number of carbonyl (C=O) groups is 2. The maximum atomic E-state index is 12.3. The van der Waals surface area contributed by atoms with E-state index in [-0.39, 0.29) is 17.6 Å². The van der Waals surface area contributed by atoms with Gasteiger partial charge >= 0.3 is 0 Å². The molecule has 0 aliphatic rings. The fraction of sp³-hybridized carbons (Fsp3) is 0.200. The van der Waals surface area contributed by atoms with E-state index in [1.165, 1.54) is 28.7 Å². The van der Waals surface area contributed by atoms with E-state index in [2.05, 4.69) is 27.8 Å². The van der Waals surface area contributed by atoms with Gasteiger partial charge in [0.25, 0.3) is 5.91 Å². The lowest BCUT2D eigenvalue weighted by atomic mass is 10.1. The minimum absolute atomic E-state index is 0.116. The molecule has 8 heteroatoms. The smallest absolute Gasteiger partial charge is 0.257 e. The summed E-state index contributed by atoms with van der Waals surface area (Å²) in [6.07, 6.45) is 0.962. The summed E-state index contributed by atoms with van der Waals surface area (Å²) in [5.41, 5.74) is 3.48. The first kappa shape index (κ1) is 20.0. The third-order valence-corrected chi connectivity index (χ3v) is 5.96. The van der Waals surface area contributed by atoms with Crippen molar-refractivity contribution >= 4 is 45.7 Å². The van der Waals surface area contributed by atoms with E-state index >= 15 is 0 Å². The molecule has 2 aromatic carbocycles. The second-order valence-corrected chi connectivity index (χ2v) is 8.23. The summed E-state index contributed by atoms with van der Waals surface area (Å²) in [5, 5.41) is 14.0. The number of benzene rings is 2. The summed E-state index contributed by atoms with van der Waals surface area (Å²) in [6, 6.07) is 15.1. The molecule has 2 amide bonds. The van der Waals surface area contributed by atoms with Gasteiger partial charge in [-0.2, -0.15) is 0 Å². The molecule has 0 radical (unpaired) electrons. The fourth-order valence-corrected chi connectivity index (χ4v) is 4.01. The standard InChI is InChI=1S/C20H20N4O2S2/c1-3-14-8-10-15(11-9-14)21-17(25)12-27-20-24-23-19(28-20)22-18(26)16-7-5-4-6-13(16)2/h4-11H,3,12H2,1-2H3,(H,21,25)(H,22,23,26). The maximum Gasteiger partial charge on any atom is 0.257 e. The van der Waals surface area contributed by atoms with E-state index in [9.17, 15) is 9.59 Å². The Morgan fingerprint density at radius 3 is 2.50 bits per heavy atom. The van der Waals surface area contributed by atoms with Crippen molar-refractivity contribution in [1.29, 1.82) is 0 Å². The van der Waals surface area contributed by atoms with Gasteiger partial charge < -0.3 is 5.32 Å². The molecular weight excluding hydrogens is 392 g/mol. The van der Waals surface area contributed by atoms with Crippen molar-refractivity contribution in [3.63, 3.8) is 0 Å². The minimum atomic E-state index is -0.223. The molecule has 0 fully saturated rings. The molecule has 0 bridgehead atoms. The monoisotopic (exact) mass is 412 g/mol. The molecule has 2 N–H and O–H groups in total. The quantitative estimate of drug-likeness (QED) is 0.444. The SMILES string of the molecule is CCc1ccc(NC(=O)CSc2nnc(NC(=O)c3ccccc3C)s2)cc1. The first-order valence-electron chi connectivity index (χ1n) is 8.77. The number of rotatable bonds is 7. The summed E-state index contributed by atoms with van der Waals surface area (Å²) in [7, 11) is 0. The van der Waals surface area contributed by atoms with Gasteiger partial charge in [-0.25, -0.2) is 0 Å². The largest absolute Gasteiger partial charge is 0.325 e. The number of thioether (sulfide) groups is 1. The van der Waals surface area contributed by atoms with Gasteiger partial charge in [-0.3, -0.25) is 14.9 Å². The predicted octanol–water partition coefficient (Wildman–Crippen LogP) is 4.39. The van der Waals surface area contributed by atoms with Gasteiger partial charge in [0.1, 0.15) is 0 Å². The summed E-state index contributed by atoms with van der Waals surface area (Å²) in [5.74, 6) is -0.121. The zero-order chi connectivity index (χ0) is 19.9. The summed E-state index contributed by atoms with van der Waals surface area (Å²) < 4.78 is 0.622. The third-order valence-electron chi connectivity index (χ3n) is 3.99. The number of nitrogens with one attached hydrogen (secondary N) is 2. The zero-order valence-corrected chi connectivity index (χ0v) is 17.2. The van der Waals surface area contributed by atoms with E-state index < -0.39 is 0 Å². The van der Waals surface area contributed by atoms with E-state index in [1.807, 2.05) is 49.4 Å². The van der Waals surface area contributed by atoms with Gasteiger partial charge in [0.15, 0.2) is 4.34 Å². The van der Waals surface area contributed by atoms with Crippen LogP contribution in [0.25, 0.3) is 0 Å². The fourth-order valence-electron chi connectivity index (χ4n) is 2.46. The number of carbonyl (C=O) groups excluding carboxylic acids is 2. The van der Waals surface area contributed by atoms with Crippen LogP contribution in [-0.2, 0) is 11.2 Å². The molecular formula is C20H20N4O2S2. The highest BCUT2D eigenvalue weighted by Gasteiger charge is 2.13. The lowest BCUT2D eigenvalue weighted by molar-refractivity contribution is -0.113. The molecule has 6 nitrogen and oxygen atoms in total. The van der Waals surface area contributed by atoms with Crippen LogP contribution in [0, 0.1) is 6.92 Å². The van der Waals surface area contributed by atoms with Crippen molar-refractivity contribution in [2.45, 2.75) is 24.6 Å². The minimum Gasteiger partial charge on any atom is -0.325 e. The second-order valence-electron chi connectivity index (χ2n) is 6.03. The molecule has 144 valence electrons. The Kier molecular flexibility index (Phi) is 6.78. The van der Waals surface area contributed by atoms with Crippen LogP contribution in [0.1, 0.15) is 28.4 Å². The van der Waals surface area contributed by atoms with E-state index in [4.69, 9.17) is 0 Å². The lowest BCUT2D eigenvalue weighted by Gasteiger charge is -2.05. The van der Waals surface area contributed by atoms with Crippen molar-refractivity contribution in [2.24, 2.45) is 0 Å². The summed E-state index contributed by atoms with van der Waals surface area (Å²) in [6.45, 7) is 3.97. The molecule has 3 aromatic rings. The molecule has 0 aliphatic carbocycles. The van der Waals surface area contributed by atoms with Crippen LogP contribution in [0.4, 0.5) is 10.8 Å². The third kappa shape index (κ3) is 5.40. The van der Waals surface area contributed by atoms with Gasteiger partial charge in [0.05, 0.1) is 5.75 Å². The number of hydrogen-bond acceptors (Lipinski definition) is 6. The topological polar surface area (TPSA) is 84.0 Å². The van der Waals surface area contributed by atoms with Crippen LogP contribution < -0.4 is 10.6 Å². The number of anilines is 2. The van der Waals surface area contributed by atoms with Crippen molar-refractivity contribution in [3.8, 4) is 0 Å². The summed E-state index contributed by atoms with van der Waals surface area (Å²) in [4.78, 5) is 24.4. The van der Waals surface area contributed by atoms with Crippen molar-refractivity contribution in [3.05, 3.63) is 65.2 Å². The highest BCUT2D eigenvalue weighted by molar-refractivity contribution is 8.01. The molecule has 28 heavy (non-hydrogen) atoms. The first-order valence-corrected chi connectivity index (χ1v) is 10.6. The Balaban J connectivity index is 1.50. The number of nitrogens with zero attached hydrogens (tertiary/aromatic N) is 2. The van der Waals surface area contributed by atoms with Crippen molar-refractivity contribution in [2.75, 3.05) is 16.4 Å².